The Labute approximate surface area is 245 Å². The minimum atomic E-state index is -4.73. The molecule has 238 valence electrons. The summed E-state index contributed by atoms with van der Waals surface area (Å²) in [6, 6.07) is 0.231. The smallest absolute Gasteiger partial charge is 0.383 e. The van der Waals surface area contributed by atoms with Gasteiger partial charge in [-0.25, -0.2) is 17.1 Å². The summed E-state index contributed by atoms with van der Waals surface area (Å²) in [5.74, 6) is 1.75. The van der Waals surface area contributed by atoms with Gasteiger partial charge in [0.1, 0.15) is 6.17 Å². The first-order valence-corrected chi connectivity index (χ1v) is 17.9. The Morgan fingerprint density at radius 2 is 1.56 bits per heavy atom. The second-order valence-electron chi connectivity index (χ2n) is 14.2. The SMILES string of the molecule is COC[C@@H]1[C@@H](C2CCC(C3CCCC(C)C3C)CC2)C2CN(S(=O)(=O)C3CCC(F)CC3C(F)(F)F)CCCCN21. The lowest BCUT2D eigenvalue weighted by atomic mass is 9.60. The highest BCUT2D eigenvalue weighted by Crippen LogP contribution is 2.50. The lowest BCUT2D eigenvalue weighted by Gasteiger charge is -2.60. The van der Waals surface area contributed by atoms with E-state index in [0.717, 1.165) is 49.5 Å². The van der Waals surface area contributed by atoms with Crippen LogP contribution in [0.2, 0.25) is 0 Å². The van der Waals surface area contributed by atoms with Gasteiger partial charge in [-0.1, -0.05) is 26.7 Å². The van der Waals surface area contributed by atoms with E-state index in [1.165, 1.54) is 36.4 Å². The van der Waals surface area contributed by atoms with Crippen molar-refractivity contribution in [3.05, 3.63) is 0 Å². The van der Waals surface area contributed by atoms with E-state index in [-0.39, 0.29) is 43.9 Å². The number of halogens is 4. The van der Waals surface area contributed by atoms with Crippen molar-refractivity contribution in [2.24, 2.45) is 41.4 Å². The van der Waals surface area contributed by atoms with Crippen LogP contribution >= 0.6 is 0 Å². The highest BCUT2D eigenvalue weighted by atomic mass is 32.2. The second kappa shape index (κ2) is 12.9. The molecule has 0 aromatic carbocycles. The normalized spacial score (nSPS) is 43.9. The number of alkyl halides is 4. The van der Waals surface area contributed by atoms with Crippen molar-refractivity contribution in [2.75, 3.05) is 33.4 Å². The molecule has 5 fully saturated rings. The maximum atomic E-state index is 14.0. The van der Waals surface area contributed by atoms with Crippen molar-refractivity contribution in [1.82, 2.24) is 9.21 Å². The van der Waals surface area contributed by atoms with Crippen LogP contribution in [0.1, 0.15) is 90.9 Å². The molecule has 3 saturated carbocycles. The largest absolute Gasteiger partial charge is 0.393 e. The van der Waals surface area contributed by atoms with E-state index in [9.17, 15) is 26.0 Å². The van der Waals surface area contributed by atoms with Crippen LogP contribution in [-0.4, -0.2) is 80.7 Å². The summed E-state index contributed by atoms with van der Waals surface area (Å²) in [6.45, 7) is 6.79. The lowest BCUT2D eigenvalue weighted by Crippen LogP contribution is -2.71. The first-order chi connectivity index (χ1) is 19.4. The average Bonchev–Trinajstić information content (AvgIpc) is 2.91. The quantitative estimate of drug-likeness (QED) is 0.316. The summed E-state index contributed by atoms with van der Waals surface area (Å²) in [4.78, 5) is 2.38. The van der Waals surface area contributed by atoms with E-state index in [1.54, 1.807) is 7.11 Å². The van der Waals surface area contributed by atoms with E-state index in [1.807, 2.05) is 0 Å². The summed E-state index contributed by atoms with van der Waals surface area (Å²) < 4.78 is 90.6. The molecule has 0 aromatic rings. The van der Waals surface area contributed by atoms with Crippen LogP contribution in [0.5, 0.6) is 0 Å². The first-order valence-electron chi connectivity index (χ1n) is 16.4. The number of methoxy groups -OCH3 is 1. The zero-order chi connectivity index (χ0) is 29.5. The van der Waals surface area contributed by atoms with Gasteiger partial charge in [0.25, 0.3) is 0 Å². The monoisotopic (exact) mass is 608 g/mol. The summed E-state index contributed by atoms with van der Waals surface area (Å²) >= 11 is 0. The number of sulfonamides is 1. The number of nitrogens with zero attached hydrogens (tertiary/aromatic N) is 2. The maximum absolute atomic E-state index is 14.0. The van der Waals surface area contributed by atoms with Crippen molar-refractivity contribution in [3.8, 4) is 0 Å². The fourth-order valence-electron chi connectivity index (χ4n) is 9.75. The van der Waals surface area contributed by atoms with Crippen LogP contribution in [0.15, 0.2) is 0 Å². The van der Waals surface area contributed by atoms with E-state index < -0.39 is 40.0 Å². The van der Waals surface area contributed by atoms with Crippen molar-refractivity contribution in [2.45, 2.75) is 121 Å². The molecule has 2 saturated heterocycles. The molecule has 0 spiro atoms. The van der Waals surface area contributed by atoms with Gasteiger partial charge >= 0.3 is 6.18 Å². The molecular formula is C31H52F4N2O3S. The topological polar surface area (TPSA) is 49.9 Å². The summed E-state index contributed by atoms with van der Waals surface area (Å²) in [6.07, 6.45) is 2.67. The maximum Gasteiger partial charge on any atom is 0.393 e. The Morgan fingerprint density at radius 3 is 2.24 bits per heavy atom. The lowest BCUT2D eigenvalue weighted by molar-refractivity contribution is -0.185. The minimum absolute atomic E-state index is 0.00209. The molecule has 9 atom stereocenters. The molecule has 2 aliphatic heterocycles. The predicted molar refractivity (Wildman–Crippen MR) is 153 cm³/mol. The third-order valence-corrected chi connectivity index (χ3v) is 14.5. The van der Waals surface area contributed by atoms with Crippen LogP contribution in [0.4, 0.5) is 17.6 Å². The number of rotatable bonds is 6. The van der Waals surface area contributed by atoms with Crippen LogP contribution in [0.25, 0.3) is 0 Å². The van der Waals surface area contributed by atoms with Gasteiger partial charge in [0, 0.05) is 32.3 Å². The summed E-state index contributed by atoms with van der Waals surface area (Å²) in [5, 5.41) is -1.59. The number of fused-ring (bicyclic) bond motifs is 1. The Bertz CT molecular complexity index is 973. The number of ether oxygens (including phenoxy) is 1. The molecule has 0 amide bonds. The molecule has 10 heteroatoms. The standard InChI is InChI=1S/C31H52F4N2O3S/c1-20-7-6-8-25(21(20)2)22-9-11-23(12-10-22)30-27-18-36(15-4-5-16-37(27)28(30)19-40-3)41(38,39)29-14-13-24(32)17-26(29)31(33,34)35/h20-30H,4-19H2,1-3H3/t20?,21?,22?,23?,24?,25?,26?,27?,28-,29?,30+/m1/s1. The zero-order valence-corrected chi connectivity index (χ0v) is 26.0. The molecule has 7 unspecified atom stereocenters. The van der Waals surface area contributed by atoms with E-state index in [4.69, 9.17) is 4.74 Å². The Hall–Kier alpha value is -0.450. The highest BCUT2D eigenvalue weighted by molar-refractivity contribution is 7.89. The van der Waals surface area contributed by atoms with Crippen LogP contribution < -0.4 is 0 Å². The molecule has 5 nitrogen and oxygen atoms in total. The van der Waals surface area contributed by atoms with Crippen LogP contribution in [-0.2, 0) is 14.8 Å². The van der Waals surface area contributed by atoms with Gasteiger partial charge in [0.05, 0.1) is 17.8 Å². The second-order valence-corrected chi connectivity index (χ2v) is 16.4. The molecule has 0 aromatic heterocycles. The van der Waals surface area contributed by atoms with Gasteiger partial charge in [0.2, 0.25) is 10.0 Å². The third kappa shape index (κ3) is 6.51. The molecule has 0 radical (unpaired) electrons. The average molecular weight is 609 g/mol. The van der Waals surface area contributed by atoms with Gasteiger partial charge in [-0.3, -0.25) is 4.90 Å². The fourth-order valence-corrected chi connectivity index (χ4v) is 12.0. The fraction of sp³-hybridized carbons (Fsp3) is 1.00. The summed E-state index contributed by atoms with van der Waals surface area (Å²) in [5.41, 5.74) is 0. The van der Waals surface area contributed by atoms with Gasteiger partial charge < -0.3 is 4.74 Å². The van der Waals surface area contributed by atoms with E-state index >= 15 is 0 Å². The molecule has 0 N–H and O–H groups in total. The van der Waals surface area contributed by atoms with Crippen LogP contribution in [0.3, 0.4) is 0 Å². The van der Waals surface area contributed by atoms with Crippen LogP contribution in [0, 0.1) is 41.4 Å². The van der Waals surface area contributed by atoms with Gasteiger partial charge in [-0.15, -0.1) is 0 Å². The van der Waals surface area contributed by atoms with Gasteiger partial charge in [-0.2, -0.15) is 13.2 Å². The molecule has 41 heavy (non-hydrogen) atoms. The Balaban J connectivity index is 1.31. The first kappa shape index (κ1) is 32.0. The molecule has 2 heterocycles. The predicted octanol–water partition coefficient (Wildman–Crippen LogP) is 6.68. The Kier molecular flexibility index (Phi) is 10.0. The zero-order valence-electron chi connectivity index (χ0n) is 25.2. The molecule has 5 aliphatic rings. The van der Waals surface area contributed by atoms with Crippen molar-refractivity contribution < 1.29 is 30.7 Å². The van der Waals surface area contributed by atoms with Crippen molar-refractivity contribution >= 4 is 10.0 Å². The minimum Gasteiger partial charge on any atom is -0.383 e. The van der Waals surface area contributed by atoms with Gasteiger partial charge in [-0.05, 0) is 106 Å². The molecule has 5 rings (SSSR count). The van der Waals surface area contributed by atoms with Crippen molar-refractivity contribution in [3.63, 3.8) is 0 Å². The number of hydrogen-bond acceptors (Lipinski definition) is 4. The Morgan fingerprint density at radius 1 is 0.878 bits per heavy atom. The van der Waals surface area contributed by atoms with Crippen molar-refractivity contribution in [1.29, 1.82) is 0 Å². The van der Waals surface area contributed by atoms with E-state index in [2.05, 4.69) is 18.7 Å². The molecule has 0 bridgehead atoms. The molecule has 3 aliphatic carbocycles. The summed E-state index contributed by atoms with van der Waals surface area (Å²) in [7, 11) is -2.52. The van der Waals surface area contributed by atoms with Gasteiger partial charge in [0.15, 0.2) is 0 Å². The van der Waals surface area contributed by atoms with E-state index in [0.29, 0.717) is 18.9 Å². The third-order valence-electron chi connectivity index (χ3n) is 12.2. The molecular weight excluding hydrogens is 556 g/mol. The number of hydrogen-bond donors (Lipinski definition) is 0. The highest BCUT2D eigenvalue weighted by Gasteiger charge is 2.57.